The summed E-state index contributed by atoms with van der Waals surface area (Å²) in [5.41, 5.74) is -0.546. The molecule has 2 aromatic heterocycles. The highest BCUT2D eigenvalue weighted by atomic mass is 16.5. The summed E-state index contributed by atoms with van der Waals surface area (Å²) in [5.74, 6) is 0.545. The van der Waals surface area contributed by atoms with Gasteiger partial charge in [-0.1, -0.05) is 0 Å². The average Bonchev–Trinajstić information content (AvgIpc) is 2.74. The molecule has 16 heavy (non-hydrogen) atoms. The van der Waals surface area contributed by atoms with Gasteiger partial charge < -0.3 is 9.47 Å². The van der Waals surface area contributed by atoms with E-state index < -0.39 is 5.69 Å². The van der Waals surface area contributed by atoms with Crippen LogP contribution in [0.3, 0.4) is 0 Å². The van der Waals surface area contributed by atoms with Gasteiger partial charge >= 0.3 is 5.69 Å². The fraction of sp³-hybridized carbons (Fsp3) is 0.286. The summed E-state index contributed by atoms with van der Waals surface area (Å²) in [4.78, 5) is 19.1. The second-order valence-corrected chi connectivity index (χ2v) is 2.67. The van der Waals surface area contributed by atoms with Gasteiger partial charge in [0.05, 0.1) is 20.3 Å². The van der Waals surface area contributed by atoms with Crippen LogP contribution >= 0.6 is 0 Å². The lowest BCUT2D eigenvalue weighted by atomic mass is 10.6. The zero-order valence-corrected chi connectivity index (χ0v) is 8.54. The molecule has 0 saturated heterocycles. The number of methoxy groups -OCH3 is 2. The van der Waals surface area contributed by atoms with Gasteiger partial charge in [-0.15, -0.1) is 4.68 Å². The van der Waals surface area contributed by atoms with Crippen molar-refractivity contribution in [2.75, 3.05) is 14.2 Å². The third-order valence-electron chi connectivity index (χ3n) is 1.75. The van der Waals surface area contributed by atoms with Gasteiger partial charge in [-0.2, -0.15) is 9.97 Å². The molecule has 2 heterocycles. The summed E-state index contributed by atoms with van der Waals surface area (Å²) < 4.78 is 10.8. The van der Waals surface area contributed by atoms with Crippen LogP contribution in [0.4, 0.5) is 0 Å². The molecule has 0 radical (unpaired) electrons. The van der Waals surface area contributed by atoms with Gasteiger partial charge in [-0.3, -0.25) is 0 Å². The van der Waals surface area contributed by atoms with Crippen molar-refractivity contribution in [3.05, 3.63) is 16.6 Å². The Bertz CT molecular complexity index is 525. The Labute approximate surface area is 89.0 Å². The molecule has 2 aromatic rings. The Balaban J connectivity index is 2.56. The predicted molar refractivity (Wildman–Crippen MR) is 50.7 cm³/mol. The first-order valence-corrected chi connectivity index (χ1v) is 4.22. The van der Waals surface area contributed by atoms with Crippen molar-refractivity contribution in [1.82, 2.24) is 30.2 Å². The summed E-state index contributed by atoms with van der Waals surface area (Å²) in [6, 6.07) is 1.48. The maximum atomic E-state index is 11.2. The summed E-state index contributed by atoms with van der Waals surface area (Å²) in [5, 5.41) is 8.95. The maximum absolute atomic E-state index is 11.2. The molecule has 0 aliphatic carbocycles. The second kappa shape index (κ2) is 3.96. The van der Waals surface area contributed by atoms with Crippen LogP contribution in [0.2, 0.25) is 0 Å². The van der Waals surface area contributed by atoms with E-state index in [1.807, 2.05) is 0 Å². The number of ether oxygens (including phenoxy) is 2. The molecule has 0 fully saturated rings. The van der Waals surface area contributed by atoms with Crippen molar-refractivity contribution >= 4 is 0 Å². The Morgan fingerprint density at radius 1 is 1.25 bits per heavy atom. The molecule has 2 rings (SSSR count). The Kier molecular flexibility index (Phi) is 2.50. The highest BCUT2D eigenvalue weighted by Crippen LogP contribution is 2.15. The molecule has 0 aliphatic rings. The smallest absolute Gasteiger partial charge is 0.368 e. The summed E-state index contributed by atoms with van der Waals surface area (Å²) in [6.45, 7) is 0. The van der Waals surface area contributed by atoms with Crippen molar-refractivity contribution in [2.24, 2.45) is 0 Å². The molecular formula is C7H8N6O3. The number of aromatic nitrogens is 6. The number of nitrogens with one attached hydrogen (secondary N) is 1. The Morgan fingerprint density at radius 3 is 2.31 bits per heavy atom. The zero-order valence-electron chi connectivity index (χ0n) is 8.54. The molecule has 9 nitrogen and oxygen atoms in total. The van der Waals surface area contributed by atoms with Crippen LogP contribution in [-0.2, 0) is 0 Å². The van der Waals surface area contributed by atoms with Crippen LogP contribution in [0.1, 0.15) is 0 Å². The van der Waals surface area contributed by atoms with Crippen molar-refractivity contribution < 1.29 is 9.47 Å². The first-order chi connectivity index (χ1) is 7.74. The number of nitrogens with zero attached hydrogens (tertiary/aromatic N) is 5. The lowest BCUT2D eigenvalue weighted by Crippen LogP contribution is -2.19. The highest BCUT2D eigenvalue weighted by Gasteiger charge is 2.10. The highest BCUT2D eigenvalue weighted by molar-refractivity contribution is 5.25. The van der Waals surface area contributed by atoms with Crippen LogP contribution in [0.25, 0.3) is 5.95 Å². The minimum atomic E-state index is -0.546. The normalized spacial score (nSPS) is 10.1. The Morgan fingerprint density at radius 2 is 1.88 bits per heavy atom. The maximum Gasteiger partial charge on any atom is 0.368 e. The number of rotatable bonds is 3. The van der Waals surface area contributed by atoms with Gasteiger partial charge in [0.15, 0.2) is 0 Å². The molecule has 1 N–H and O–H groups in total. The SMILES string of the molecule is COc1cc(OC)nc(-n2nn[nH]c2=O)n1. The zero-order chi connectivity index (χ0) is 11.5. The van der Waals surface area contributed by atoms with E-state index in [-0.39, 0.29) is 17.7 Å². The first kappa shape index (κ1) is 10.1. The molecule has 0 atom stereocenters. The number of H-pyrrole nitrogens is 1. The molecule has 0 amide bonds. The van der Waals surface area contributed by atoms with Crippen LogP contribution < -0.4 is 15.2 Å². The average molecular weight is 224 g/mol. The molecule has 9 heteroatoms. The predicted octanol–water partition coefficient (Wildman–Crippen LogP) is -1.24. The van der Waals surface area contributed by atoms with Crippen LogP contribution in [0.5, 0.6) is 11.8 Å². The largest absolute Gasteiger partial charge is 0.481 e. The quantitative estimate of drug-likeness (QED) is 0.694. The summed E-state index contributed by atoms with van der Waals surface area (Å²) in [6.07, 6.45) is 0. The number of hydrogen-bond acceptors (Lipinski definition) is 7. The van der Waals surface area contributed by atoms with E-state index in [0.717, 1.165) is 4.68 Å². The van der Waals surface area contributed by atoms with Crippen LogP contribution in [-0.4, -0.2) is 44.4 Å². The third-order valence-corrected chi connectivity index (χ3v) is 1.75. The number of aromatic amines is 1. The fourth-order valence-corrected chi connectivity index (χ4v) is 1.02. The van der Waals surface area contributed by atoms with Crippen molar-refractivity contribution in [2.45, 2.75) is 0 Å². The van der Waals surface area contributed by atoms with E-state index in [1.54, 1.807) is 0 Å². The lowest BCUT2D eigenvalue weighted by molar-refractivity contribution is 0.369. The minimum absolute atomic E-state index is 0.0231. The van der Waals surface area contributed by atoms with Gasteiger partial charge in [-0.05, 0) is 10.4 Å². The second-order valence-electron chi connectivity index (χ2n) is 2.67. The van der Waals surface area contributed by atoms with Crippen LogP contribution in [0, 0.1) is 0 Å². The van der Waals surface area contributed by atoms with E-state index in [9.17, 15) is 4.79 Å². The minimum Gasteiger partial charge on any atom is -0.481 e. The van der Waals surface area contributed by atoms with Gasteiger partial charge in [-0.25, -0.2) is 9.89 Å². The van der Waals surface area contributed by atoms with Crippen LogP contribution in [0.15, 0.2) is 10.9 Å². The molecule has 84 valence electrons. The van der Waals surface area contributed by atoms with Gasteiger partial charge in [0, 0.05) is 0 Å². The third kappa shape index (κ3) is 1.69. The van der Waals surface area contributed by atoms with Gasteiger partial charge in [0.1, 0.15) is 0 Å². The standard InChI is InChI=1S/C7H8N6O3/c1-15-4-3-5(16-2)9-6(8-4)13-7(14)10-11-12-13/h3H,1-2H3,(H,10,12,14). The van der Waals surface area contributed by atoms with Crippen molar-refractivity contribution in [3.8, 4) is 17.7 Å². The van der Waals surface area contributed by atoms with Crippen molar-refractivity contribution in [3.63, 3.8) is 0 Å². The van der Waals surface area contributed by atoms with E-state index >= 15 is 0 Å². The van der Waals surface area contributed by atoms with Gasteiger partial charge in [0.2, 0.25) is 11.8 Å². The summed E-state index contributed by atoms with van der Waals surface area (Å²) in [7, 11) is 2.88. The number of hydrogen-bond donors (Lipinski definition) is 1. The van der Waals surface area contributed by atoms with E-state index in [2.05, 4.69) is 25.5 Å². The molecule has 0 saturated carbocycles. The molecular weight excluding hydrogens is 216 g/mol. The van der Waals surface area contributed by atoms with Crippen molar-refractivity contribution in [1.29, 1.82) is 0 Å². The topological polar surface area (TPSA) is 108 Å². The monoisotopic (exact) mass is 224 g/mol. The molecule has 0 unspecified atom stereocenters. The van der Waals surface area contributed by atoms with E-state index in [1.165, 1.54) is 20.3 Å². The molecule has 0 spiro atoms. The Hall–Kier alpha value is -2.45. The van der Waals surface area contributed by atoms with E-state index in [0.29, 0.717) is 0 Å². The summed E-state index contributed by atoms with van der Waals surface area (Å²) >= 11 is 0. The molecule has 0 aliphatic heterocycles. The lowest BCUT2D eigenvalue weighted by Gasteiger charge is -2.04. The van der Waals surface area contributed by atoms with E-state index in [4.69, 9.17) is 9.47 Å². The number of tetrazole rings is 1. The van der Waals surface area contributed by atoms with Gasteiger partial charge in [0.25, 0.3) is 5.95 Å². The fourth-order valence-electron chi connectivity index (χ4n) is 1.02. The molecule has 0 aromatic carbocycles. The first-order valence-electron chi connectivity index (χ1n) is 4.22. The molecule has 0 bridgehead atoms.